The molecule has 7 nitrogen and oxygen atoms in total. The quantitative estimate of drug-likeness (QED) is 0.718. The highest BCUT2D eigenvalue weighted by Gasteiger charge is 2.25. The summed E-state index contributed by atoms with van der Waals surface area (Å²) in [5, 5.41) is 5.77. The fraction of sp³-hybridized carbons (Fsp3) is 0.421. The number of anilines is 1. The second kappa shape index (κ2) is 8.62. The number of hydrogen-bond donors (Lipinski definition) is 2. The van der Waals surface area contributed by atoms with Crippen molar-refractivity contribution >= 4 is 17.5 Å². The van der Waals surface area contributed by atoms with Crippen molar-refractivity contribution in [3.8, 4) is 0 Å². The number of amides is 2. The van der Waals surface area contributed by atoms with Gasteiger partial charge >= 0.3 is 0 Å². The largest absolute Gasteiger partial charge is 0.351 e. The van der Waals surface area contributed by atoms with Crippen LogP contribution in [0, 0.1) is 0 Å². The molecule has 1 aliphatic carbocycles. The highest BCUT2D eigenvalue weighted by Crippen LogP contribution is 2.24. The maximum Gasteiger partial charge on any atom is 0.251 e. The van der Waals surface area contributed by atoms with Crippen molar-refractivity contribution in [2.24, 2.45) is 0 Å². The average Bonchev–Trinajstić information content (AvgIpc) is 3.36. The van der Waals surface area contributed by atoms with Gasteiger partial charge in [-0.3, -0.25) is 9.59 Å². The van der Waals surface area contributed by atoms with E-state index in [9.17, 15) is 9.59 Å². The van der Waals surface area contributed by atoms with E-state index in [1.807, 2.05) is 10.8 Å². The van der Waals surface area contributed by atoms with E-state index in [4.69, 9.17) is 0 Å². The molecule has 0 spiro atoms. The van der Waals surface area contributed by atoms with E-state index in [1.54, 1.807) is 36.8 Å². The molecule has 1 fully saturated rings. The summed E-state index contributed by atoms with van der Waals surface area (Å²) in [5.41, 5.74) is 1.18. The van der Waals surface area contributed by atoms with Gasteiger partial charge in [0.05, 0.1) is 6.33 Å². The van der Waals surface area contributed by atoms with Crippen LogP contribution in [-0.4, -0.2) is 52.4 Å². The van der Waals surface area contributed by atoms with Gasteiger partial charge in [0.2, 0.25) is 5.91 Å². The molecule has 2 amide bonds. The first-order chi connectivity index (χ1) is 12.6. The number of carbonyl (C=O) groups is 2. The van der Waals surface area contributed by atoms with Crippen LogP contribution in [0.15, 0.2) is 43.0 Å². The van der Waals surface area contributed by atoms with Gasteiger partial charge < -0.3 is 20.1 Å². The molecule has 3 rings (SSSR count). The Morgan fingerprint density at radius 2 is 2.19 bits per heavy atom. The van der Waals surface area contributed by atoms with Gasteiger partial charge in [0.1, 0.15) is 0 Å². The number of aromatic nitrogens is 2. The second-order valence-corrected chi connectivity index (χ2v) is 6.65. The van der Waals surface area contributed by atoms with Gasteiger partial charge in [-0.15, -0.1) is 0 Å². The summed E-state index contributed by atoms with van der Waals surface area (Å²) in [7, 11) is 2.09. The maximum absolute atomic E-state index is 12.3. The van der Waals surface area contributed by atoms with Gasteiger partial charge in [0, 0.05) is 55.7 Å². The molecule has 0 bridgehead atoms. The monoisotopic (exact) mass is 355 g/mol. The summed E-state index contributed by atoms with van der Waals surface area (Å²) in [4.78, 5) is 30.6. The van der Waals surface area contributed by atoms with Crippen LogP contribution in [0.25, 0.3) is 0 Å². The van der Waals surface area contributed by atoms with Crippen molar-refractivity contribution in [1.29, 1.82) is 0 Å². The molecule has 1 aromatic heterocycles. The van der Waals surface area contributed by atoms with E-state index in [1.165, 1.54) is 12.8 Å². The van der Waals surface area contributed by atoms with Crippen molar-refractivity contribution in [3.05, 3.63) is 48.5 Å². The number of nitrogens with one attached hydrogen (secondary N) is 2. The third kappa shape index (κ3) is 5.42. The number of imidazole rings is 1. The van der Waals surface area contributed by atoms with Crippen molar-refractivity contribution < 1.29 is 9.59 Å². The van der Waals surface area contributed by atoms with E-state index in [0.29, 0.717) is 36.8 Å². The lowest BCUT2D eigenvalue weighted by Gasteiger charge is -2.15. The molecule has 0 saturated heterocycles. The second-order valence-electron chi connectivity index (χ2n) is 6.65. The molecular weight excluding hydrogens is 330 g/mol. The Hall–Kier alpha value is -2.67. The number of carbonyl (C=O) groups excluding carboxylic acids is 2. The Morgan fingerprint density at radius 1 is 1.35 bits per heavy atom. The predicted octanol–water partition coefficient (Wildman–Crippen LogP) is 1.74. The fourth-order valence-corrected chi connectivity index (χ4v) is 2.76. The highest BCUT2D eigenvalue weighted by atomic mass is 16.2. The van der Waals surface area contributed by atoms with Crippen LogP contribution in [-0.2, 0) is 11.3 Å². The third-order valence-electron chi connectivity index (χ3n) is 4.49. The lowest BCUT2D eigenvalue weighted by molar-refractivity contribution is -0.116. The third-order valence-corrected chi connectivity index (χ3v) is 4.49. The summed E-state index contributed by atoms with van der Waals surface area (Å²) in [6, 6.07) is 7.70. The minimum Gasteiger partial charge on any atom is -0.351 e. The molecule has 1 aliphatic rings. The number of likely N-dealkylation sites (N-methyl/N-ethyl adjacent to an activating group) is 1. The summed E-state index contributed by atoms with van der Waals surface area (Å²) >= 11 is 0. The average molecular weight is 355 g/mol. The summed E-state index contributed by atoms with van der Waals surface area (Å²) in [6.45, 7) is 2.04. The molecular formula is C19H25N5O2. The molecule has 1 saturated carbocycles. The molecule has 2 aromatic rings. The summed E-state index contributed by atoms with van der Waals surface area (Å²) in [6.07, 6.45) is 8.04. The Bertz CT molecular complexity index is 740. The van der Waals surface area contributed by atoms with Gasteiger partial charge in [-0.2, -0.15) is 0 Å². The van der Waals surface area contributed by atoms with Crippen LogP contribution < -0.4 is 10.6 Å². The SMILES string of the molecule is CN(CCNC(=O)c1cccc(NC(=O)CCn2ccnc2)c1)C1CC1. The zero-order valence-electron chi connectivity index (χ0n) is 15.0. The van der Waals surface area contributed by atoms with E-state index in [-0.39, 0.29) is 11.8 Å². The Labute approximate surface area is 153 Å². The van der Waals surface area contributed by atoms with Crippen molar-refractivity contribution in [1.82, 2.24) is 19.8 Å². The first-order valence-corrected chi connectivity index (χ1v) is 8.96. The fourth-order valence-electron chi connectivity index (χ4n) is 2.76. The van der Waals surface area contributed by atoms with E-state index in [2.05, 4.69) is 27.6 Å². The van der Waals surface area contributed by atoms with E-state index in [0.717, 1.165) is 6.54 Å². The highest BCUT2D eigenvalue weighted by molar-refractivity contribution is 5.97. The van der Waals surface area contributed by atoms with Gasteiger partial charge in [-0.05, 0) is 38.1 Å². The van der Waals surface area contributed by atoms with Crippen LogP contribution in [0.3, 0.4) is 0 Å². The zero-order chi connectivity index (χ0) is 18.4. The molecule has 0 radical (unpaired) electrons. The molecule has 0 aliphatic heterocycles. The van der Waals surface area contributed by atoms with Crippen LogP contribution in [0.1, 0.15) is 29.6 Å². The minimum absolute atomic E-state index is 0.0951. The first-order valence-electron chi connectivity index (χ1n) is 8.96. The topological polar surface area (TPSA) is 79.3 Å². The number of benzene rings is 1. The number of hydrogen-bond acceptors (Lipinski definition) is 4. The van der Waals surface area contributed by atoms with Gasteiger partial charge in [0.15, 0.2) is 0 Å². The van der Waals surface area contributed by atoms with Crippen LogP contribution >= 0.6 is 0 Å². The van der Waals surface area contributed by atoms with E-state index < -0.39 is 0 Å². The maximum atomic E-state index is 12.3. The smallest absolute Gasteiger partial charge is 0.251 e. The molecule has 138 valence electrons. The Morgan fingerprint density at radius 3 is 2.92 bits per heavy atom. The molecule has 2 N–H and O–H groups in total. The van der Waals surface area contributed by atoms with Crippen LogP contribution in [0.2, 0.25) is 0 Å². The van der Waals surface area contributed by atoms with Crippen LogP contribution in [0.5, 0.6) is 0 Å². The molecule has 0 unspecified atom stereocenters. The van der Waals surface area contributed by atoms with Gasteiger partial charge in [-0.1, -0.05) is 6.07 Å². The zero-order valence-corrected chi connectivity index (χ0v) is 15.0. The molecule has 1 heterocycles. The summed E-state index contributed by atoms with van der Waals surface area (Å²) < 4.78 is 1.85. The molecule has 0 atom stereocenters. The van der Waals surface area contributed by atoms with Gasteiger partial charge in [0.25, 0.3) is 5.91 Å². The number of rotatable bonds is 9. The van der Waals surface area contributed by atoms with Gasteiger partial charge in [-0.25, -0.2) is 4.98 Å². The molecule has 1 aromatic carbocycles. The van der Waals surface area contributed by atoms with Crippen LogP contribution in [0.4, 0.5) is 5.69 Å². The van der Waals surface area contributed by atoms with Crippen molar-refractivity contribution in [2.45, 2.75) is 31.8 Å². The first kappa shape index (κ1) is 18.1. The summed E-state index contributed by atoms with van der Waals surface area (Å²) in [5.74, 6) is -0.217. The predicted molar refractivity (Wildman–Crippen MR) is 99.9 cm³/mol. The Balaban J connectivity index is 1.45. The standard InChI is InChI=1S/C19H25N5O2/c1-23(17-5-6-17)11-9-21-19(26)15-3-2-4-16(13-15)22-18(25)7-10-24-12-8-20-14-24/h2-4,8,12-14,17H,5-7,9-11H2,1H3,(H,21,26)(H,22,25). The van der Waals surface area contributed by atoms with Crippen molar-refractivity contribution in [3.63, 3.8) is 0 Å². The minimum atomic E-state index is -0.122. The Kier molecular flexibility index (Phi) is 6.01. The number of nitrogens with zero attached hydrogens (tertiary/aromatic N) is 3. The van der Waals surface area contributed by atoms with Crippen molar-refractivity contribution in [2.75, 3.05) is 25.5 Å². The van der Waals surface area contributed by atoms with E-state index >= 15 is 0 Å². The lowest BCUT2D eigenvalue weighted by atomic mass is 10.2. The number of aryl methyl sites for hydroxylation is 1. The lowest BCUT2D eigenvalue weighted by Crippen LogP contribution is -2.34. The molecule has 26 heavy (non-hydrogen) atoms. The normalized spacial score (nSPS) is 13.6. The molecule has 7 heteroatoms.